The maximum Gasteiger partial charge on any atom is 0.419 e. The molecule has 1 saturated carbocycles. The second kappa shape index (κ2) is 12.6. The van der Waals surface area contributed by atoms with Gasteiger partial charge >= 0.3 is 12.4 Å². The summed E-state index contributed by atoms with van der Waals surface area (Å²) in [5.74, 6) is -3.79. The first-order valence-electron chi connectivity index (χ1n) is 14.7. The van der Waals surface area contributed by atoms with Gasteiger partial charge in [0.25, 0.3) is 11.8 Å². The van der Waals surface area contributed by atoms with Crippen molar-refractivity contribution in [2.75, 3.05) is 37.9 Å². The van der Waals surface area contributed by atoms with E-state index in [0.717, 1.165) is 24.3 Å². The van der Waals surface area contributed by atoms with Crippen LogP contribution in [-0.4, -0.2) is 56.0 Å². The van der Waals surface area contributed by atoms with E-state index in [-0.39, 0.29) is 55.8 Å². The predicted octanol–water partition coefficient (Wildman–Crippen LogP) is 7.55. The van der Waals surface area contributed by atoms with E-state index < -0.39 is 46.8 Å². The molecular formula is C33H26F7N3O5S. The van der Waals surface area contributed by atoms with Crippen molar-refractivity contribution in [3.63, 3.8) is 0 Å². The molecule has 3 aromatic carbocycles. The Labute approximate surface area is 277 Å². The van der Waals surface area contributed by atoms with Crippen molar-refractivity contribution in [2.45, 2.75) is 30.8 Å². The standard InChI is InChI=1S/C33H26F7N3O5S/c1-47-18-13-43(14-18)31(46)21-12-20(21)15-3-8-25(48-2)22(9-15)29(44)42-27-19-6-4-16(32(35,36)37)10-26(19)49-28(27)30(45)41-17-5-7-24(34)23(11-17)33(38,39)40/h3-11,18,20-21H,12-14H2,1-2H3,(H,41,45)(H,42,44). The Morgan fingerprint density at radius 1 is 0.878 bits per heavy atom. The van der Waals surface area contributed by atoms with Crippen molar-refractivity contribution in [3.05, 3.63) is 87.5 Å². The molecule has 16 heteroatoms. The third-order valence-corrected chi connectivity index (χ3v) is 9.64. The number of hydrogen-bond acceptors (Lipinski definition) is 6. The van der Waals surface area contributed by atoms with Crippen LogP contribution in [-0.2, 0) is 21.9 Å². The van der Waals surface area contributed by atoms with Crippen molar-refractivity contribution >= 4 is 50.5 Å². The molecule has 2 atom stereocenters. The number of benzene rings is 3. The lowest BCUT2D eigenvalue weighted by Crippen LogP contribution is -2.55. The smallest absolute Gasteiger partial charge is 0.419 e. The number of anilines is 2. The van der Waals surface area contributed by atoms with Crippen LogP contribution in [0.1, 0.15) is 49.1 Å². The van der Waals surface area contributed by atoms with Crippen LogP contribution >= 0.6 is 11.3 Å². The van der Waals surface area contributed by atoms with Gasteiger partial charge in [-0.1, -0.05) is 12.1 Å². The number of rotatable bonds is 8. The average molecular weight is 710 g/mol. The lowest BCUT2D eigenvalue weighted by molar-refractivity contribution is -0.144. The highest BCUT2D eigenvalue weighted by Gasteiger charge is 2.48. The first-order chi connectivity index (χ1) is 23.1. The Hall–Kier alpha value is -4.70. The molecule has 0 bridgehead atoms. The second-order valence-corrected chi connectivity index (χ2v) is 12.7. The quantitative estimate of drug-likeness (QED) is 0.184. The predicted molar refractivity (Wildman–Crippen MR) is 165 cm³/mol. The summed E-state index contributed by atoms with van der Waals surface area (Å²) in [5.41, 5.74) is -2.63. The highest BCUT2D eigenvalue weighted by molar-refractivity contribution is 7.21. The molecule has 3 amide bonds. The van der Waals surface area contributed by atoms with Gasteiger partial charge in [-0.05, 0) is 60.4 Å². The second-order valence-electron chi connectivity index (χ2n) is 11.6. The van der Waals surface area contributed by atoms with Gasteiger partial charge in [-0.25, -0.2) is 4.39 Å². The first kappa shape index (κ1) is 34.2. The maximum atomic E-state index is 13.9. The molecule has 1 aromatic heterocycles. The van der Waals surface area contributed by atoms with Gasteiger partial charge in [0, 0.05) is 41.9 Å². The van der Waals surface area contributed by atoms with E-state index in [1.165, 1.54) is 19.2 Å². The van der Waals surface area contributed by atoms with Gasteiger partial charge in [-0.3, -0.25) is 14.4 Å². The normalized spacial score (nSPS) is 17.9. The summed E-state index contributed by atoms with van der Waals surface area (Å²) in [7, 11) is 2.89. The minimum atomic E-state index is -5.07. The number of amides is 3. The summed E-state index contributed by atoms with van der Waals surface area (Å²) in [4.78, 5) is 41.5. The lowest BCUT2D eigenvalue weighted by Gasteiger charge is -2.38. The summed E-state index contributed by atoms with van der Waals surface area (Å²) in [6.07, 6.45) is -9.26. The summed E-state index contributed by atoms with van der Waals surface area (Å²) < 4.78 is 105. The zero-order valence-electron chi connectivity index (χ0n) is 25.6. The van der Waals surface area contributed by atoms with Crippen LogP contribution in [0, 0.1) is 11.7 Å². The number of carbonyl (C=O) groups is 3. The minimum absolute atomic E-state index is 0.00692. The van der Waals surface area contributed by atoms with E-state index >= 15 is 0 Å². The Bertz CT molecular complexity index is 1970. The van der Waals surface area contributed by atoms with Gasteiger partial charge in [0.1, 0.15) is 16.4 Å². The number of nitrogens with zero attached hydrogens (tertiary/aromatic N) is 1. The molecule has 0 spiro atoms. The number of ether oxygens (including phenoxy) is 2. The molecule has 4 aromatic rings. The fourth-order valence-electron chi connectivity index (χ4n) is 5.72. The van der Waals surface area contributed by atoms with E-state index in [4.69, 9.17) is 9.47 Å². The van der Waals surface area contributed by atoms with Crippen molar-refractivity contribution in [2.24, 2.45) is 5.92 Å². The monoisotopic (exact) mass is 709 g/mol. The maximum absolute atomic E-state index is 13.9. The molecule has 1 saturated heterocycles. The third-order valence-electron chi connectivity index (χ3n) is 8.49. The zero-order chi connectivity index (χ0) is 35.4. The van der Waals surface area contributed by atoms with E-state index in [1.54, 1.807) is 18.1 Å². The number of hydrogen-bond donors (Lipinski definition) is 2. The summed E-state index contributed by atoms with van der Waals surface area (Å²) in [5, 5.41) is 4.85. The van der Waals surface area contributed by atoms with Crippen molar-refractivity contribution in [1.29, 1.82) is 0 Å². The highest BCUT2D eigenvalue weighted by atomic mass is 32.1. The number of alkyl halides is 6. The van der Waals surface area contributed by atoms with Crippen LogP contribution in [0.3, 0.4) is 0 Å². The van der Waals surface area contributed by atoms with E-state index in [2.05, 4.69) is 10.6 Å². The molecule has 2 unspecified atom stereocenters. The molecule has 0 radical (unpaired) electrons. The molecule has 6 rings (SSSR count). The topological polar surface area (TPSA) is 97.0 Å². The number of carbonyl (C=O) groups excluding carboxylic acids is 3. The van der Waals surface area contributed by atoms with Gasteiger partial charge < -0.3 is 25.0 Å². The van der Waals surface area contributed by atoms with E-state index in [1.807, 2.05) is 0 Å². The molecule has 258 valence electrons. The van der Waals surface area contributed by atoms with Gasteiger partial charge in [-0.2, -0.15) is 26.3 Å². The molecule has 2 heterocycles. The van der Waals surface area contributed by atoms with Crippen LogP contribution in [0.2, 0.25) is 0 Å². The van der Waals surface area contributed by atoms with Gasteiger partial charge in [0.15, 0.2) is 0 Å². The van der Waals surface area contributed by atoms with Crippen LogP contribution < -0.4 is 15.4 Å². The summed E-state index contributed by atoms with van der Waals surface area (Å²) >= 11 is 0.570. The number of fused-ring (bicyclic) bond motifs is 1. The lowest BCUT2D eigenvalue weighted by atomic mass is 10.0. The molecule has 1 aliphatic carbocycles. The molecule has 2 fully saturated rings. The SMILES string of the molecule is COc1ccc(C2CC2C(=O)N2CC(OC)C2)cc1C(=O)Nc1c(C(=O)Nc2ccc(F)c(C(F)(F)F)c2)sc2cc(C(F)(F)F)ccc12. The number of thiophene rings is 1. The fraction of sp³-hybridized carbons (Fsp3) is 0.303. The van der Waals surface area contributed by atoms with Crippen molar-refractivity contribution in [3.8, 4) is 5.75 Å². The number of halogens is 7. The van der Waals surface area contributed by atoms with Gasteiger partial charge in [-0.15, -0.1) is 11.3 Å². The van der Waals surface area contributed by atoms with Crippen LogP contribution in [0.15, 0.2) is 54.6 Å². The molecule has 8 nitrogen and oxygen atoms in total. The molecule has 2 N–H and O–H groups in total. The van der Waals surface area contributed by atoms with Gasteiger partial charge in [0.05, 0.1) is 35.6 Å². The van der Waals surface area contributed by atoms with E-state index in [0.29, 0.717) is 48.5 Å². The first-order valence-corrected chi connectivity index (χ1v) is 15.5. The van der Waals surface area contributed by atoms with Crippen LogP contribution in [0.5, 0.6) is 5.75 Å². The van der Waals surface area contributed by atoms with Crippen molar-refractivity contribution in [1.82, 2.24) is 4.90 Å². The zero-order valence-corrected chi connectivity index (χ0v) is 26.4. The van der Waals surface area contributed by atoms with Crippen LogP contribution in [0.4, 0.5) is 42.1 Å². The summed E-state index contributed by atoms with van der Waals surface area (Å²) in [6.45, 7) is 0.989. The third kappa shape index (κ3) is 6.79. The Kier molecular flexibility index (Phi) is 8.81. The number of methoxy groups -OCH3 is 2. The van der Waals surface area contributed by atoms with Crippen LogP contribution in [0.25, 0.3) is 10.1 Å². The number of likely N-dealkylation sites (tertiary alicyclic amines) is 1. The Balaban J connectivity index is 1.31. The Morgan fingerprint density at radius 2 is 1.61 bits per heavy atom. The molecule has 49 heavy (non-hydrogen) atoms. The summed E-state index contributed by atoms with van der Waals surface area (Å²) in [6, 6.07) is 9.19. The van der Waals surface area contributed by atoms with E-state index in [9.17, 15) is 45.1 Å². The minimum Gasteiger partial charge on any atom is -0.496 e. The molecule has 2 aliphatic rings. The Morgan fingerprint density at radius 3 is 2.27 bits per heavy atom. The highest BCUT2D eigenvalue weighted by Crippen LogP contribution is 2.50. The fourth-order valence-corrected chi connectivity index (χ4v) is 6.81. The number of nitrogens with one attached hydrogen (secondary N) is 2. The molecular weight excluding hydrogens is 683 g/mol. The average Bonchev–Trinajstić information content (AvgIpc) is 3.75. The molecule has 1 aliphatic heterocycles. The largest absolute Gasteiger partial charge is 0.496 e. The van der Waals surface area contributed by atoms with Gasteiger partial charge in [0.2, 0.25) is 5.91 Å². The van der Waals surface area contributed by atoms with Crippen molar-refractivity contribution < 1.29 is 54.6 Å².